The Bertz CT molecular complexity index is 830. The molecular formula is C19H20ClF2N3O2. The van der Waals surface area contributed by atoms with Crippen LogP contribution in [-0.4, -0.2) is 24.9 Å². The lowest BCUT2D eigenvalue weighted by Gasteiger charge is -2.17. The van der Waals surface area contributed by atoms with Gasteiger partial charge in [0.05, 0.1) is 11.6 Å². The number of carbonyl (C=O) groups is 2. The molecule has 144 valence electrons. The van der Waals surface area contributed by atoms with Gasteiger partial charge in [0.25, 0.3) is 0 Å². The zero-order chi connectivity index (χ0) is 18.7. The molecule has 2 aromatic carbocycles. The van der Waals surface area contributed by atoms with Crippen molar-refractivity contribution in [2.45, 2.75) is 12.8 Å². The number of nitrogens with zero attached hydrogens (tertiary/aromatic N) is 1. The van der Waals surface area contributed by atoms with E-state index in [0.717, 1.165) is 17.7 Å². The van der Waals surface area contributed by atoms with Gasteiger partial charge in [-0.3, -0.25) is 9.59 Å². The number of carbonyl (C=O) groups excluding carboxylic acids is 2. The molecule has 8 heteroatoms. The van der Waals surface area contributed by atoms with Crippen molar-refractivity contribution in [3.63, 3.8) is 0 Å². The van der Waals surface area contributed by atoms with E-state index in [1.54, 1.807) is 12.1 Å². The number of halogens is 3. The molecule has 0 spiro atoms. The van der Waals surface area contributed by atoms with Crippen LogP contribution >= 0.6 is 12.4 Å². The molecule has 1 saturated heterocycles. The van der Waals surface area contributed by atoms with Crippen molar-refractivity contribution in [3.8, 4) is 0 Å². The number of rotatable bonds is 5. The molecular weight excluding hydrogens is 376 g/mol. The van der Waals surface area contributed by atoms with Crippen LogP contribution in [0, 0.1) is 17.6 Å². The van der Waals surface area contributed by atoms with Crippen LogP contribution < -0.4 is 16.0 Å². The van der Waals surface area contributed by atoms with Gasteiger partial charge in [-0.25, -0.2) is 8.78 Å². The van der Waals surface area contributed by atoms with E-state index in [0.29, 0.717) is 18.7 Å². The molecule has 1 heterocycles. The molecule has 5 nitrogen and oxygen atoms in total. The number of nitrogen functional groups attached to an aromatic ring is 1. The van der Waals surface area contributed by atoms with Crippen molar-refractivity contribution in [2.75, 3.05) is 23.7 Å². The fraction of sp³-hybridized carbons (Fsp3) is 0.263. The molecule has 1 unspecified atom stereocenters. The van der Waals surface area contributed by atoms with E-state index in [9.17, 15) is 18.4 Å². The second-order valence-corrected chi connectivity index (χ2v) is 6.28. The molecule has 0 bridgehead atoms. The van der Waals surface area contributed by atoms with Gasteiger partial charge in [-0.2, -0.15) is 0 Å². The van der Waals surface area contributed by atoms with Gasteiger partial charge in [0.1, 0.15) is 11.6 Å². The highest BCUT2D eigenvalue weighted by Gasteiger charge is 2.36. The molecule has 3 rings (SSSR count). The van der Waals surface area contributed by atoms with E-state index in [4.69, 9.17) is 5.73 Å². The zero-order valence-electron chi connectivity index (χ0n) is 14.5. The molecule has 1 aliphatic rings. The minimum absolute atomic E-state index is 0. The van der Waals surface area contributed by atoms with Gasteiger partial charge in [0, 0.05) is 31.3 Å². The van der Waals surface area contributed by atoms with Crippen LogP contribution in [-0.2, 0) is 16.0 Å². The first-order chi connectivity index (χ1) is 12.4. The van der Waals surface area contributed by atoms with Gasteiger partial charge in [0.15, 0.2) is 0 Å². The van der Waals surface area contributed by atoms with E-state index >= 15 is 0 Å². The number of nitrogens with two attached hydrogens (primary N) is 1. The summed E-state index contributed by atoms with van der Waals surface area (Å²) in [5.41, 5.74) is 7.33. The Hall–Kier alpha value is -2.67. The highest BCUT2D eigenvalue weighted by molar-refractivity contribution is 6.00. The summed E-state index contributed by atoms with van der Waals surface area (Å²) in [4.78, 5) is 25.6. The Morgan fingerprint density at radius 1 is 1.19 bits per heavy atom. The van der Waals surface area contributed by atoms with Gasteiger partial charge in [-0.05, 0) is 36.2 Å². The van der Waals surface area contributed by atoms with Gasteiger partial charge in [0.2, 0.25) is 11.8 Å². The fourth-order valence-corrected chi connectivity index (χ4v) is 2.97. The molecule has 1 atom stereocenters. The Morgan fingerprint density at radius 2 is 1.89 bits per heavy atom. The number of amides is 2. The van der Waals surface area contributed by atoms with Crippen molar-refractivity contribution >= 4 is 35.6 Å². The smallest absolute Gasteiger partial charge is 0.227 e. The van der Waals surface area contributed by atoms with Crippen LogP contribution in [0.3, 0.4) is 0 Å². The zero-order valence-corrected chi connectivity index (χ0v) is 15.3. The normalized spacial score (nSPS) is 16.1. The van der Waals surface area contributed by atoms with Crippen molar-refractivity contribution in [1.82, 2.24) is 5.32 Å². The van der Waals surface area contributed by atoms with E-state index in [-0.39, 0.29) is 42.9 Å². The first-order valence-electron chi connectivity index (χ1n) is 8.31. The van der Waals surface area contributed by atoms with Crippen molar-refractivity contribution < 1.29 is 18.4 Å². The summed E-state index contributed by atoms with van der Waals surface area (Å²) in [6.07, 6.45) is 0.646. The molecule has 3 N–H and O–H groups in total. The molecule has 0 aromatic heterocycles. The quantitative estimate of drug-likeness (QED) is 0.764. The minimum Gasteiger partial charge on any atom is -0.399 e. The molecule has 0 saturated carbocycles. The highest BCUT2D eigenvalue weighted by atomic mass is 35.5. The lowest BCUT2D eigenvalue weighted by Crippen LogP contribution is -2.34. The molecule has 1 aliphatic heterocycles. The van der Waals surface area contributed by atoms with Crippen LogP contribution in [0.25, 0.3) is 0 Å². The number of hydrogen-bond acceptors (Lipinski definition) is 3. The second-order valence-electron chi connectivity index (χ2n) is 6.28. The van der Waals surface area contributed by atoms with Crippen molar-refractivity contribution in [1.29, 1.82) is 0 Å². The molecule has 2 amide bonds. The topological polar surface area (TPSA) is 75.4 Å². The van der Waals surface area contributed by atoms with Crippen LogP contribution in [0.2, 0.25) is 0 Å². The van der Waals surface area contributed by atoms with E-state index in [1.165, 1.54) is 11.0 Å². The molecule has 0 aliphatic carbocycles. The summed E-state index contributed by atoms with van der Waals surface area (Å²) in [6, 6.07) is 10.4. The Labute approximate surface area is 161 Å². The summed E-state index contributed by atoms with van der Waals surface area (Å²) in [5.74, 6) is -2.69. The standard InChI is InChI=1S/C19H19F2N3O2.ClH/c20-14-3-6-17(16(21)10-14)24-11-13(9-18(24)25)19(26)23-8-7-12-1-4-15(22)5-2-12;/h1-6,10,13H,7-9,11,22H2,(H,23,26);1H. The number of benzene rings is 2. The Kier molecular flexibility index (Phi) is 6.74. The first-order valence-corrected chi connectivity index (χ1v) is 8.31. The van der Waals surface area contributed by atoms with Gasteiger partial charge >= 0.3 is 0 Å². The Morgan fingerprint density at radius 3 is 2.56 bits per heavy atom. The molecule has 0 radical (unpaired) electrons. The van der Waals surface area contributed by atoms with E-state index < -0.39 is 17.6 Å². The SMILES string of the molecule is Cl.Nc1ccc(CCNC(=O)C2CC(=O)N(c3ccc(F)cc3F)C2)cc1. The molecule has 27 heavy (non-hydrogen) atoms. The van der Waals surface area contributed by atoms with Crippen LogP contribution in [0.5, 0.6) is 0 Å². The maximum absolute atomic E-state index is 13.9. The van der Waals surface area contributed by atoms with Crippen LogP contribution in [0.15, 0.2) is 42.5 Å². The van der Waals surface area contributed by atoms with Crippen molar-refractivity contribution in [3.05, 3.63) is 59.7 Å². The first kappa shape index (κ1) is 20.6. The minimum atomic E-state index is -0.817. The summed E-state index contributed by atoms with van der Waals surface area (Å²) >= 11 is 0. The second kappa shape index (κ2) is 8.81. The van der Waals surface area contributed by atoms with E-state index in [1.807, 2.05) is 12.1 Å². The Balaban J connectivity index is 0.00000261. The maximum atomic E-state index is 13.9. The number of nitrogens with one attached hydrogen (secondary N) is 1. The van der Waals surface area contributed by atoms with Gasteiger partial charge in [-0.15, -0.1) is 12.4 Å². The van der Waals surface area contributed by atoms with Crippen LogP contribution in [0.1, 0.15) is 12.0 Å². The number of hydrogen-bond donors (Lipinski definition) is 2. The summed E-state index contributed by atoms with van der Waals surface area (Å²) in [5, 5.41) is 2.80. The lowest BCUT2D eigenvalue weighted by atomic mass is 10.1. The molecule has 2 aromatic rings. The highest BCUT2D eigenvalue weighted by Crippen LogP contribution is 2.28. The third kappa shape index (κ3) is 4.95. The van der Waals surface area contributed by atoms with E-state index in [2.05, 4.69) is 5.32 Å². The lowest BCUT2D eigenvalue weighted by molar-refractivity contribution is -0.126. The summed E-state index contributed by atoms with van der Waals surface area (Å²) in [7, 11) is 0. The third-order valence-electron chi connectivity index (χ3n) is 4.39. The molecule has 1 fully saturated rings. The van der Waals surface area contributed by atoms with Crippen molar-refractivity contribution in [2.24, 2.45) is 5.92 Å². The third-order valence-corrected chi connectivity index (χ3v) is 4.39. The largest absolute Gasteiger partial charge is 0.399 e. The predicted octanol–water partition coefficient (Wildman–Crippen LogP) is 2.68. The number of anilines is 2. The average molecular weight is 396 g/mol. The van der Waals surface area contributed by atoms with Crippen LogP contribution in [0.4, 0.5) is 20.2 Å². The summed E-state index contributed by atoms with van der Waals surface area (Å²) in [6.45, 7) is 0.507. The summed E-state index contributed by atoms with van der Waals surface area (Å²) < 4.78 is 26.9. The van der Waals surface area contributed by atoms with Gasteiger partial charge < -0.3 is 16.0 Å². The average Bonchev–Trinajstić information content (AvgIpc) is 2.98. The monoisotopic (exact) mass is 395 g/mol. The predicted molar refractivity (Wildman–Crippen MR) is 102 cm³/mol. The maximum Gasteiger partial charge on any atom is 0.227 e. The van der Waals surface area contributed by atoms with Gasteiger partial charge in [-0.1, -0.05) is 12.1 Å². The fourth-order valence-electron chi connectivity index (χ4n) is 2.97.